The molecular weight excluding hydrogens is 212 g/mol. The minimum Gasteiger partial charge on any atom is -0.340 e. The van der Waals surface area contributed by atoms with Crippen LogP contribution in [0, 0.1) is 0 Å². The number of imidazole rings is 1. The Morgan fingerprint density at radius 2 is 2.20 bits per heavy atom. The van der Waals surface area contributed by atoms with Crippen LogP contribution in [0.1, 0.15) is 21.9 Å². The lowest BCUT2D eigenvalue weighted by atomic mass is 10.1. The first-order valence-corrected chi connectivity index (χ1v) is 4.90. The van der Waals surface area contributed by atoms with Gasteiger partial charge in [-0.3, -0.25) is 4.79 Å². The second kappa shape index (κ2) is 4.28. The molecule has 3 nitrogen and oxygen atoms in total. The van der Waals surface area contributed by atoms with Gasteiger partial charge in [0.1, 0.15) is 5.82 Å². The lowest BCUT2D eigenvalue weighted by Gasteiger charge is -2.00. The summed E-state index contributed by atoms with van der Waals surface area (Å²) in [6.45, 7) is 0. The van der Waals surface area contributed by atoms with Crippen LogP contribution < -0.4 is 0 Å². The van der Waals surface area contributed by atoms with E-state index >= 15 is 0 Å². The van der Waals surface area contributed by atoms with Gasteiger partial charge in [-0.05, 0) is 11.6 Å². The predicted octanol–water partition coefficient (Wildman–Crippen LogP) is 2.47. The molecule has 2 aromatic rings. The second-order valence-electron chi connectivity index (χ2n) is 3.17. The van der Waals surface area contributed by atoms with Crippen molar-refractivity contribution in [1.29, 1.82) is 0 Å². The number of nitrogens with zero attached hydrogens (tertiary/aromatic N) is 1. The van der Waals surface area contributed by atoms with Crippen molar-refractivity contribution in [2.24, 2.45) is 0 Å². The molecule has 0 aliphatic carbocycles. The Morgan fingerprint density at radius 3 is 2.87 bits per heavy atom. The first-order chi connectivity index (χ1) is 7.29. The topological polar surface area (TPSA) is 45.8 Å². The zero-order chi connectivity index (χ0) is 10.7. The average molecular weight is 221 g/mol. The van der Waals surface area contributed by atoms with Crippen LogP contribution in [0.2, 0.25) is 5.02 Å². The Hall–Kier alpha value is -1.61. The summed E-state index contributed by atoms with van der Waals surface area (Å²) in [6.07, 6.45) is 2.86. The number of carbonyl (C=O) groups is 1. The van der Waals surface area contributed by atoms with E-state index in [4.69, 9.17) is 11.6 Å². The van der Waals surface area contributed by atoms with Gasteiger partial charge in [0, 0.05) is 11.4 Å². The second-order valence-corrected chi connectivity index (χ2v) is 3.58. The van der Waals surface area contributed by atoms with Crippen LogP contribution in [0.4, 0.5) is 0 Å². The van der Waals surface area contributed by atoms with E-state index in [0.717, 1.165) is 17.7 Å². The van der Waals surface area contributed by atoms with Crippen molar-refractivity contribution >= 4 is 17.9 Å². The minimum atomic E-state index is 0.483. The molecule has 76 valence electrons. The van der Waals surface area contributed by atoms with Crippen LogP contribution in [0.5, 0.6) is 0 Å². The van der Waals surface area contributed by atoms with Gasteiger partial charge in [-0.25, -0.2) is 4.98 Å². The number of H-pyrrole nitrogens is 1. The van der Waals surface area contributed by atoms with E-state index in [2.05, 4.69) is 9.97 Å². The van der Waals surface area contributed by atoms with E-state index < -0.39 is 0 Å². The monoisotopic (exact) mass is 220 g/mol. The SMILES string of the molecule is O=Cc1cnc(Cc2ccccc2Cl)[nH]1. The van der Waals surface area contributed by atoms with Gasteiger partial charge in [-0.15, -0.1) is 0 Å². The molecule has 0 radical (unpaired) electrons. The molecule has 0 saturated heterocycles. The highest BCUT2D eigenvalue weighted by molar-refractivity contribution is 6.31. The van der Waals surface area contributed by atoms with Crippen molar-refractivity contribution in [3.05, 3.63) is 52.6 Å². The van der Waals surface area contributed by atoms with Gasteiger partial charge < -0.3 is 4.98 Å². The van der Waals surface area contributed by atoms with Gasteiger partial charge in [0.05, 0.1) is 11.9 Å². The van der Waals surface area contributed by atoms with Crippen molar-refractivity contribution in [2.45, 2.75) is 6.42 Å². The number of benzene rings is 1. The van der Waals surface area contributed by atoms with Crippen LogP contribution in [0.25, 0.3) is 0 Å². The summed E-state index contributed by atoms with van der Waals surface area (Å²) in [4.78, 5) is 17.4. The fraction of sp³-hybridized carbons (Fsp3) is 0.0909. The van der Waals surface area contributed by atoms with Gasteiger partial charge in [-0.1, -0.05) is 29.8 Å². The summed E-state index contributed by atoms with van der Waals surface area (Å²) < 4.78 is 0. The molecule has 1 aromatic heterocycles. The Morgan fingerprint density at radius 1 is 1.40 bits per heavy atom. The number of carbonyl (C=O) groups excluding carboxylic acids is 1. The number of halogens is 1. The fourth-order valence-corrected chi connectivity index (χ4v) is 1.55. The first-order valence-electron chi connectivity index (χ1n) is 4.52. The molecule has 1 heterocycles. The van der Waals surface area contributed by atoms with Gasteiger partial charge in [-0.2, -0.15) is 0 Å². The standard InChI is InChI=1S/C11H9ClN2O/c12-10-4-2-1-3-8(10)5-11-13-6-9(7-15)14-11/h1-4,6-7H,5H2,(H,13,14). The normalized spacial score (nSPS) is 10.2. The highest BCUT2D eigenvalue weighted by atomic mass is 35.5. The highest BCUT2D eigenvalue weighted by Crippen LogP contribution is 2.17. The minimum absolute atomic E-state index is 0.483. The summed E-state index contributed by atoms with van der Waals surface area (Å²) >= 11 is 6.00. The van der Waals surface area contributed by atoms with Crippen molar-refractivity contribution in [3.8, 4) is 0 Å². The number of aromatic amines is 1. The quantitative estimate of drug-likeness (QED) is 0.808. The van der Waals surface area contributed by atoms with Gasteiger partial charge in [0.25, 0.3) is 0 Å². The molecule has 0 atom stereocenters. The number of nitrogens with one attached hydrogen (secondary N) is 1. The maximum atomic E-state index is 10.4. The van der Waals surface area contributed by atoms with Crippen LogP contribution >= 0.6 is 11.6 Å². The molecule has 1 N–H and O–H groups in total. The lowest BCUT2D eigenvalue weighted by Crippen LogP contribution is -1.91. The zero-order valence-corrected chi connectivity index (χ0v) is 8.66. The molecule has 0 amide bonds. The average Bonchev–Trinajstić information content (AvgIpc) is 2.69. The molecule has 0 aliphatic rings. The third-order valence-electron chi connectivity index (χ3n) is 2.09. The molecule has 0 unspecified atom stereocenters. The van der Waals surface area contributed by atoms with Crippen molar-refractivity contribution in [2.75, 3.05) is 0 Å². The Labute approximate surface area is 92.1 Å². The summed E-state index contributed by atoms with van der Waals surface area (Å²) in [7, 11) is 0. The third kappa shape index (κ3) is 2.25. The van der Waals surface area contributed by atoms with E-state index in [9.17, 15) is 4.79 Å². The molecule has 0 saturated carbocycles. The molecule has 0 bridgehead atoms. The van der Waals surface area contributed by atoms with E-state index in [-0.39, 0.29) is 0 Å². The van der Waals surface area contributed by atoms with Crippen molar-refractivity contribution < 1.29 is 4.79 Å². The molecule has 1 aromatic carbocycles. The third-order valence-corrected chi connectivity index (χ3v) is 2.46. The highest BCUT2D eigenvalue weighted by Gasteiger charge is 2.03. The summed E-state index contributed by atoms with van der Waals surface area (Å²) in [6, 6.07) is 7.57. The maximum absolute atomic E-state index is 10.4. The van der Waals surface area contributed by atoms with Crippen molar-refractivity contribution in [1.82, 2.24) is 9.97 Å². The molecule has 0 spiro atoms. The number of aromatic nitrogens is 2. The largest absolute Gasteiger partial charge is 0.340 e. The first kappa shape index (κ1) is 9.93. The van der Waals surface area contributed by atoms with Crippen LogP contribution in [-0.2, 0) is 6.42 Å². The van der Waals surface area contributed by atoms with Gasteiger partial charge >= 0.3 is 0 Å². The molecular formula is C11H9ClN2O. The lowest BCUT2D eigenvalue weighted by molar-refractivity contribution is 0.111. The smallest absolute Gasteiger partial charge is 0.167 e. The Bertz CT molecular complexity index is 479. The van der Waals surface area contributed by atoms with Crippen LogP contribution in [0.15, 0.2) is 30.5 Å². The van der Waals surface area contributed by atoms with Gasteiger partial charge in [0.15, 0.2) is 6.29 Å². The summed E-state index contributed by atoms with van der Waals surface area (Å²) in [5.41, 5.74) is 1.48. The molecule has 0 fully saturated rings. The predicted molar refractivity (Wildman–Crippen MR) is 58.2 cm³/mol. The van der Waals surface area contributed by atoms with E-state index in [1.807, 2.05) is 24.3 Å². The van der Waals surface area contributed by atoms with E-state index in [1.165, 1.54) is 6.20 Å². The maximum Gasteiger partial charge on any atom is 0.167 e. The Balaban J connectivity index is 2.22. The van der Waals surface area contributed by atoms with Crippen LogP contribution in [-0.4, -0.2) is 16.3 Å². The van der Waals surface area contributed by atoms with Crippen molar-refractivity contribution in [3.63, 3.8) is 0 Å². The Kier molecular flexibility index (Phi) is 2.83. The summed E-state index contributed by atoms with van der Waals surface area (Å²) in [5.74, 6) is 0.741. The van der Waals surface area contributed by atoms with E-state index in [0.29, 0.717) is 17.1 Å². The molecule has 0 aliphatic heterocycles. The number of rotatable bonds is 3. The number of hydrogen-bond acceptors (Lipinski definition) is 2. The number of hydrogen-bond donors (Lipinski definition) is 1. The van der Waals surface area contributed by atoms with Gasteiger partial charge in [0.2, 0.25) is 0 Å². The number of aldehydes is 1. The van der Waals surface area contributed by atoms with Crippen LogP contribution in [0.3, 0.4) is 0 Å². The summed E-state index contributed by atoms with van der Waals surface area (Å²) in [5, 5.41) is 0.710. The van der Waals surface area contributed by atoms with E-state index in [1.54, 1.807) is 0 Å². The zero-order valence-electron chi connectivity index (χ0n) is 7.90. The fourth-order valence-electron chi connectivity index (χ4n) is 1.35. The molecule has 4 heteroatoms. The molecule has 2 rings (SSSR count). The molecule has 15 heavy (non-hydrogen) atoms.